The first-order chi connectivity index (χ1) is 12.4. The van der Waals surface area contributed by atoms with Gasteiger partial charge in [0.2, 0.25) is 0 Å². The van der Waals surface area contributed by atoms with Gasteiger partial charge in [-0.1, -0.05) is 18.2 Å². The second-order valence-electron chi connectivity index (χ2n) is 5.74. The van der Waals surface area contributed by atoms with Gasteiger partial charge in [-0.15, -0.1) is 0 Å². The number of carbonyl (C=O) groups excluding carboxylic acids is 2. The number of aromatic nitrogens is 1. The van der Waals surface area contributed by atoms with Gasteiger partial charge in [0.15, 0.2) is 5.69 Å². The van der Waals surface area contributed by atoms with Crippen LogP contribution in [0.3, 0.4) is 0 Å². The number of anilines is 1. The van der Waals surface area contributed by atoms with E-state index >= 15 is 0 Å². The Balaban J connectivity index is 2.10. The van der Waals surface area contributed by atoms with Crippen molar-refractivity contribution in [2.24, 2.45) is 0 Å². The number of fused-ring (bicyclic) bond motifs is 1. The third kappa shape index (κ3) is 3.29. The quantitative estimate of drug-likeness (QED) is 0.604. The van der Waals surface area contributed by atoms with Crippen LogP contribution in [0.4, 0.5) is 10.1 Å². The lowest BCUT2D eigenvalue weighted by molar-refractivity contribution is -0.148. The fourth-order valence-corrected chi connectivity index (χ4v) is 3.18. The summed E-state index contributed by atoms with van der Waals surface area (Å²) < 4.78 is 19.9. The zero-order valence-corrected chi connectivity index (χ0v) is 15.8. The third-order valence-corrected chi connectivity index (χ3v) is 4.56. The van der Waals surface area contributed by atoms with Gasteiger partial charge in [0.25, 0.3) is 5.91 Å². The van der Waals surface area contributed by atoms with Crippen molar-refractivity contribution < 1.29 is 18.7 Å². The van der Waals surface area contributed by atoms with Crippen molar-refractivity contribution in [3.63, 3.8) is 0 Å². The highest BCUT2D eigenvalue weighted by Crippen LogP contribution is 2.35. The van der Waals surface area contributed by atoms with Gasteiger partial charge in [-0.3, -0.25) is 9.69 Å². The average Bonchev–Trinajstić information content (AvgIpc) is 2.62. The van der Waals surface area contributed by atoms with E-state index in [-0.39, 0.29) is 17.9 Å². The Morgan fingerprint density at radius 2 is 2.12 bits per heavy atom. The molecule has 2 aromatic rings. The van der Waals surface area contributed by atoms with Crippen LogP contribution in [0.2, 0.25) is 0 Å². The van der Waals surface area contributed by atoms with E-state index in [1.165, 1.54) is 11.0 Å². The lowest BCUT2D eigenvalue weighted by Gasteiger charge is -2.40. The predicted octanol–water partition coefficient (Wildman–Crippen LogP) is 3.50. The summed E-state index contributed by atoms with van der Waals surface area (Å²) in [5.41, 5.74) is 0.882. The largest absolute Gasteiger partial charge is 0.464 e. The Labute approximate surface area is 158 Å². The van der Waals surface area contributed by atoms with Crippen molar-refractivity contribution in [1.29, 1.82) is 0 Å². The smallest absolute Gasteiger partial charge is 0.328 e. The molecular weight excluding hydrogens is 405 g/mol. The van der Waals surface area contributed by atoms with Gasteiger partial charge < -0.3 is 10.1 Å². The Hall–Kier alpha value is -2.48. The number of rotatable bonds is 4. The van der Waals surface area contributed by atoms with E-state index in [1.807, 2.05) is 0 Å². The highest BCUT2D eigenvalue weighted by Gasteiger charge is 2.41. The van der Waals surface area contributed by atoms with Gasteiger partial charge in [-0.2, -0.15) is 0 Å². The summed E-state index contributed by atoms with van der Waals surface area (Å²) in [4.78, 5) is 30.8. The van der Waals surface area contributed by atoms with Crippen molar-refractivity contribution in [2.45, 2.75) is 26.1 Å². The van der Waals surface area contributed by atoms with Crippen LogP contribution in [0.1, 0.15) is 36.1 Å². The first-order valence-electron chi connectivity index (χ1n) is 8.10. The summed E-state index contributed by atoms with van der Waals surface area (Å²) in [6.45, 7) is 3.42. The summed E-state index contributed by atoms with van der Waals surface area (Å²) in [5, 5.41) is 3.11. The summed E-state index contributed by atoms with van der Waals surface area (Å²) in [6.07, 6.45) is -0.862. The number of nitrogens with one attached hydrogen (secondary N) is 1. The maximum absolute atomic E-state index is 14.4. The molecule has 0 fully saturated rings. The van der Waals surface area contributed by atoms with Gasteiger partial charge in [-0.25, -0.2) is 14.2 Å². The summed E-state index contributed by atoms with van der Waals surface area (Å²) in [7, 11) is 0. The molecule has 0 bridgehead atoms. The van der Waals surface area contributed by atoms with Crippen LogP contribution in [0.5, 0.6) is 0 Å². The Bertz CT molecular complexity index is 861. The molecule has 1 aromatic carbocycles. The highest BCUT2D eigenvalue weighted by atomic mass is 79.9. The molecule has 0 spiro atoms. The number of carbonyl (C=O) groups is 2. The monoisotopic (exact) mass is 421 g/mol. The predicted molar refractivity (Wildman–Crippen MR) is 97.0 cm³/mol. The molecule has 26 heavy (non-hydrogen) atoms. The second-order valence-corrected chi connectivity index (χ2v) is 6.55. The molecule has 136 valence electrons. The number of hydrogen-bond acceptors (Lipinski definition) is 5. The Morgan fingerprint density at radius 1 is 1.38 bits per heavy atom. The van der Waals surface area contributed by atoms with E-state index < -0.39 is 29.9 Å². The fourth-order valence-electron chi connectivity index (χ4n) is 2.87. The average molecular weight is 422 g/mol. The molecule has 2 atom stereocenters. The molecule has 0 saturated carbocycles. The summed E-state index contributed by atoms with van der Waals surface area (Å²) >= 11 is 3.24. The first kappa shape index (κ1) is 18.3. The number of ether oxygens (including phenoxy) is 1. The number of amides is 1. The van der Waals surface area contributed by atoms with Crippen molar-refractivity contribution in [1.82, 2.24) is 9.88 Å². The molecule has 1 amide bonds. The first-order valence-corrected chi connectivity index (χ1v) is 8.90. The van der Waals surface area contributed by atoms with Crippen molar-refractivity contribution in [3.8, 4) is 0 Å². The van der Waals surface area contributed by atoms with Gasteiger partial charge in [0, 0.05) is 5.56 Å². The molecule has 3 rings (SSSR count). The summed E-state index contributed by atoms with van der Waals surface area (Å²) in [5.74, 6) is -1.52. The number of pyridine rings is 1. The van der Waals surface area contributed by atoms with Crippen LogP contribution in [0.25, 0.3) is 0 Å². The molecule has 2 heterocycles. The van der Waals surface area contributed by atoms with E-state index in [2.05, 4.69) is 26.2 Å². The van der Waals surface area contributed by atoms with Crippen LogP contribution in [0.15, 0.2) is 41.0 Å². The Morgan fingerprint density at radius 3 is 2.81 bits per heavy atom. The van der Waals surface area contributed by atoms with Crippen LogP contribution >= 0.6 is 15.9 Å². The maximum Gasteiger partial charge on any atom is 0.328 e. The van der Waals surface area contributed by atoms with Gasteiger partial charge in [0.1, 0.15) is 22.6 Å². The van der Waals surface area contributed by atoms with Crippen molar-refractivity contribution in [2.75, 3.05) is 11.9 Å². The van der Waals surface area contributed by atoms with E-state index in [9.17, 15) is 14.0 Å². The molecule has 1 aliphatic rings. The molecule has 2 unspecified atom stereocenters. The van der Waals surface area contributed by atoms with E-state index in [0.717, 1.165) is 0 Å². The molecule has 0 radical (unpaired) electrons. The Kier molecular flexibility index (Phi) is 5.22. The van der Waals surface area contributed by atoms with Crippen LogP contribution in [0, 0.1) is 5.82 Å². The van der Waals surface area contributed by atoms with Crippen LogP contribution in [-0.4, -0.2) is 34.4 Å². The minimum Gasteiger partial charge on any atom is -0.464 e. The van der Waals surface area contributed by atoms with Gasteiger partial charge in [-0.05, 0) is 48.0 Å². The fraction of sp³-hybridized carbons (Fsp3) is 0.278. The zero-order chi connectivity index (χ0) is 18.8. The van der Waals surface area contributed by atoms with Crippen molar-refractivity contribution in [3.05, 3.63) is 58.1 Å². The summed E-state index contributed by atoms with van der Waals surface area (Å²) in [6, 6.07) is 8.56. The SMILES string of the molecule is CCOC(=O)C(C)N1C(=O)c2nc(Br)ccc2NC1c1ccccc1F. The second kappa shape index (κ2) is 7.41. The van der Waals surface area contributed by atoms with E-state index in [4.69, 9.17) is 4.74 Å². The van der Waals surface area contributed by atoms with E-state index in [0.29, 0.717) is 10.3 Å². The zero-order valence-electron chi connectivity index (χ0n) is 14.2. The third-order valence-electron chi connectivity index (χ3n) is 4.11. The van der Waals surface area contributed by atoms with Gasteiger partial charge >= 0.3 is 5.97 Å². The van der Waals surface area contributed by atoms with Crippen LogP contribution in [-0.2, 0) is 9.53 Å². The number of hydrogen-bond donors (Lipinski definition) is 1. The topological polar surface area (TPSA) is 71.5 Å². The molecular formula is C18H17BrFN3O3. The number of nitrogens with zero attached hydrogens (tertiary/aromatic N) is 2. The van der Waals surface area contributed by atoms with E-state index in [1.54, 1.807) is 44.2 Å². The molecule has 1 aromatic heterocycles. The van der Waals surface area contributed by atoms with Crippen LogP contribution < -0.4 is 5.32 Å². The normalized spacial score (nSPS) is 17.3. The number of esters is 1. The standard InChI is InChI=1S/C18H17BrFN3O3/c1-3-26-18(25)10(2)23-16(11-6-4-5-7-12(11)20)21-13-8-9-14(19)22-15(13)17(23)24/h4-10,16,21H,3H2,1-2H3. The molecule has 8 heteroatoms. The minimum atomic E-state index is -0.923. The molecule has 1 aliphatic heterocycles. The molecule has 0 aliphatic carbocycles. The number of halogens is 2. The van der Waals surface area contributed by atoms with Crippen molar-refractivity contribution >= 4 is 33.5 Å². The van der Waals surface area contributed by atoms with Gasteiger partial charge in [0.05, 0.1) is 12.3 Å². The molecule has 1 N–H and O–H groups in total. The molecule has 0 saturated heterocycles. The lowest BCUT2D eigenvalue weighted by atomic mass is 10.0. The highest BCUT2D eigenvalue weighted by molar-refractivity contribution is 9.10. The minimum absolute atomic E-state index is 0.156. The maximum atomic E-state index is 14.4. The molecule has 6 nitrogen and oxygen atoms in total. The lowest BCUT2D eigenvalue weighted by Crippen LogP contribution is -2.51. The number of benzene rings is 1.